The van der Waals surface area contributed by atoms with Gasteiger partial charge < -0.3 is 10.1 Å². The molecule has 2 aliphatic heterocycles. The molecule has 4 rings (SSSR count). The van der Waals surface area contributed by atoms with E-state index >= 15 is 0 Å². The summed E-state index contributed by atoms with van der Waals surface area (Å²) in [5.74, 6) is 0.869. The van der Waals surface area contributed by atoms with E-state index in [9.17, 15) is 4.79 Å². The number of carbonyl (C=O) groups excluding carboxylic acids is 1. The van der Waals surface area contributed by atoms with Crippen molar-refractivity contribution in [3.8, 4) is 5.75 Å². The number of amides is 2. The van der Waals surface area contributed by atoms with Crippen LogP contribution in [0.3, 0.4) is 0 Å². The largest absolute Gasteiger partial charge is 0.467 e. The van der Waals surface area contributed by atoms with E-state index in [2.05, 4.69) is 26.2 Å². The van der Waals surface area contributed by atoms with Crippen LogP contribution in [0, 0.1) is 6.92 Å². The van der Waals surface area contributed by atoms with Gasteiger partial charge in [0.15, 0.2) is 5.72 Å². The molecule has 124 valence electrons. The van der Waals surface area contributed by atoms with Gasteiger partial charge in [0.05, 0.1) is 12.6 Å². The van der Waals surface area contributed by atoms with Crippen molar-refractivity contribution < 1.29 is 9.53 Å². The average molecular weight is 388 g/mol. The fraction of sp³-hybridized carbons (Fsp3) is 0.333. The number of nitrogens with zero attached hydrogens (tertiary/aromatic N) is 2. The summed E-state index contributed by atoms with van der Waals surface area (Å²) in [6, 6.07) is 7.77. The third kappa shape index (κ3) is 2.45. The Bertz CT molecular complexity index is 811. The second kappa shape index (κ2) is 5.48. The Labute approximate surface area is 149 Å². The van der Waals surface area contributed by atoms with Gasteiger partial charge in [0.25, 0.3) is 0 Å². The minimum absolute atomic E-state index is 0.0346. The fourth-order valence-corrected chi connectivity index (χ4v) is 4.14. The van der Waals surface area contributed by atoms with E-state index in [1.54, 1.807) is 17.3 Å². The zero-order valence-electron chi connectivity index (χ0n) is 13.5. The second-order valence-electron chi connectivity index (χ2n) is 6.57. The summed E-state index contributed by atoms with van der Waals surface area (Å²) >= 11 is 3.53. The lowest BCUT2D eigenvalue weighted by molar-refractivity contribution is -0.0884. The molecule has 6 heteroatoms. The van der Waals surface area contributed by atoms with E-state index in [-0.39, 0.29) is 12.1 Å². The zero-order chi connectivity index (χ0) is 16.9. The van der Waals surface area contributed by atoms with Crippen molar-refractivity contribution in [2.24, 2.45) is 0 Å². The highest BCUT2D eigenvalue weighted by molar-refractivity contribution is 9.10. The molecule has 0 saturated carbocycles. The van der Waals surface area contributed by atoms with E-state index in [1.165, 1.54) is 0 Å². The van der Waals surface area contributed by atoms with Crippen molar-refractivity contribution in [2.45, 2.75) is 38.6 Å². The molecule has 0 radical (unpaired) electrons. The standard InChI is InChI=1S/C18H18BrN3O2/c1-11-6-13(19)7-14-15-8-18(2,24-16(11)14)22(17(23)21-15)10-12-4-3-5-20-9-12/h3-7,9,15H,8,10H2,1-2H3,(H,21,23). The Kier molecular flexibility index (Phi) is 3.53. The maximum absolute atomic E-state index is 12.7. The molecule has 1 aromatic carbocycles. The molecule has 1 saturated heterocycles. The van der Waals surface area contributed by atoms with Crippen LogP contribution in [-0.4, -0.2) is 21.6 Å². The molecule has 2 atom stereocenters. The lowest BCUT2D eigenvalue weighted by atomic mass is 9.89. The van der Waals surface area contributed by atoms with Crippen molar-refractivity contribution in [2.75, 3.05) is 0 Å². The van der Waals surface area contributed by atoms with Gasteiger partial charge in [-0.3, -0.25) is 9.88 Å². The Hall–Kier alpha value is -2.08. The van der Waals surface area contributed by atoms with E-state index < -0.39 is 5.72 Å². The van der Waals surface area contributed by atoms with Crippen molar-refractivity contribution in [3.05, 3.63) is 57.8 Å². The monoisotopic (exact) mass is 387 g/mol. The lowest BCUT2D eigenvalue weighted by Gasteiger charge is -2.51. The number of fused-ring (bicyclic) bond motifs is 4. The summed E-state index contributed by atoms with van der Waals surface area (Å²) in [4.78, 5) is 18.6. The van der Waals surface area contributed by atoms with Crippen LogP contribution in [0.2, 0.25) is 0 Å². The van der Waals surface area contributed by atoms with Crippen LogP contribution in [-0.2, 0) is 6.54 Å². The third-order valence-corrected chi connectivity index (χ3v) is 5.18. The van der Waals surface area contributed by atoms with E-state index in [4.69, 9.17) is 4.74 Å². The maximum atomic E-state index is 12.7. The van der Waals surface area contributed by atoms with Crippen LogP contribution in [0.1, 0.15) is 36.1 Å². The Balaban J connectivity index is 1.73. The molecule has 1 aromatic heterocycles. The summed E-state index contributed by atoms with van der Waals surface area (Å²) < 4.78 is 7.35. The molecule has 2 amide bonds. The Morgan fingerprint density at radius 3 is 3.08 bits per heavy atom. The summed E-state index contributed by atoms with van der Waals surface area (Å²) in [6.07, 6.45) is 4.22. The molecule has 0 aliphatic carbocycles. The summed E-state index contributed by atoms with van der Waals surface area (Å²) in [5, 5.41) is 3.12. The lowest BCUT2D eigenvalue weighted by Crippen LogP contribution is -2.64. The van der Waals surface area contributed by atoms with Crippen LogP contribution < -0.4 is 10.1 Å². The van der Waals surface area contributed by atoms with E-state index in [1.807, 2.05) is 38.1 Å². The second-order valence-corrected chi connectivity index (χ2v) is 7.49. The molecule has 2 aliphatic rings. The van der Waals surface area contributed by atoms with Gasteiger partial charge in [0, 0.05) is 28.9 Å². The number of hydrogen-bond acceptors (Lipinski definition) is 3. The highest BCUT2D eigenvalue weighted by atomic mass is 79.9. The molecule has 0 spiro atoms. The smallest absolute Gasteiger partial charge is 0.321 e. The topological polar surface area (TPSA) is 54.5 Å². The summed E-state index contributed by atoms with van der Waals surface area (Å²) in [6.45, 7) is 4.48. The van der Waals surface area contributed by atoms with E-state index in [0.29, 0.717) is 13.0 Å². The normalized spacial score (nSPS) is 24.9. The van der Waals surface area contributed by atoms with Crippen LogP contribution in [0.4, 0.5) is 4.79 Å². The van der Waals surface area contributed by atoms with Gasteiger partial charge in [-0.15, -0.1) is 0 Å². The molecule has 3 heterocycles. The van der Waals surface area contributed by atoms with Crippen molar-refractivity contribution in [3.63, 3.8) is 0 Å². The maximum Gasteiger partial charge on any atom is 0.321 e. The number of benzene rings is 1. The first kappa shape index (κ1) is 15.4. The quantitative estimate of drug-likeness (QED) is 0.849. The predicted molar refractivity (Wildman–Crippen MR) is 93.6 cm³/mol. The molecular formula is C18H18BrN3O2. The van der Waals surface area contributed by atoms with Crippen LogP contribution in [0.25, 0.3) is 0 Å². The van der Waals surface area contributed by atoms with Crippen LogP contribution in [0.5, 0.6) is 5.75 Å². The van der Waals surface area contributed by atoms with Gasteiger partial charge >= 0.3 is 6.03 Å². The molecule has 2 aromatic rings. The molecule has 5 nitrogen and oxygen atoms in total. The number of halogens is 1. The number of urea groups is 1. The predicted octanol–water partition coefficient (Wildman–Crippen LogP) is 3.92. The van der Waals surface area contributed by atoms with Gasteiger partial charge in [-0.2, -0.15) is 0 Å². The number of rotatable bonds is 2. The van der Waals surface area contributed by atoms with E-state index in [0.717, 1.165) is 26.9 Å². The number of aryl methyl sites for hydroxylation is 1. The highest BCUT2D eigenvalue weighted by Gasteiger charge is 2.49. The van der Waals surface area contributed by atoms with Gasteiger partial charge in [0.1, 0.15) is 5.75 Å². The van der Waals surface area contributed by atoms with Crippen molar-refractivity contribution in [1.29, 1.82) is 0 Å². The number of ether oxygens (including phenoxy) is 1. The van der Waals surface area contributed by atoms with Gasteiger partial charge in [0.2, 0.25) is 0 Å². The first-order chi connectivity index (χ1) is 11.5. The van der Waals surface area contributed by atoms with Crippen molar-refractivity contribution in [1.82, 2.24) is 15.2 Å². The molecular weight excluding hydrogens is 370 g/mol. The first-order valence-electron chi connectivity index (χ1n) is 7.92. The molecule has 2 bridgehead atoms. The number of pyridine rings is 1. The number of nitrogens with one attached hydrogen (secondary N) is 1. The number of hydrogen-bond donors (Lipinski definition) is 1. The molecule has 1 N–H and O–H groups in total. The van der Waals surface area contributed by atoms with Gasteiger partial charge in [-0.25, -0.2) is 4.79 Å². The average Bonchev–Trinajstić information content (AvgIpc) is 2.54. The minimum Gasteiger partial charge on any atom is -0.467 e. The minimum atomic E-state index is -0.672. The Morgan fingerprint density at radius 2 is 2.33 bits per heavy atom. The molecule has 24 heavy (non-hydrogen) atoms. The van der Waals surface area contributed by atoms with Gasteiger partial charge in [-0.05, 0) is 43.2 Å². The van der Waals surface area contributed by atoms with Crippen molar-refractivity contribution >= 4 is 22.0 Å². The fourth-order valence-electron chi connectivity index (χ4n) is 3.55. The molecule has 2 unspecified atom stereocenters. The number of aromatic nitrogens is 1. The third-order valence-electron chi connectivity index (χ3n) is 4.73. The zero-order valence-corrected chi connectivity index (χ0v) is 15.1. The van der Waals surface area contributed by atoms with Gasteiger partial charge in [-0.1, -0.05) is 22.0 Å². The van der Waals surface area contributed by atoms with Crippen LogP contribution >= 0.6 is 15.9 Å². The Morgan fingerprint density at radius 1 is 1.50 bits per heavy atom. The number of carbonyl (C=O) groups is 1. The molecule has 1 fully saturated rings. The SMILES string of the molecule is Cc1cc(Br)cc2c1OC1(C)CC2NC(=O)N1Cc1cccnc1. The first-order valence-corrected chi connectivity index (χ1v) is 8.72. The summed E-state index contributed by atoms with van der Waals surface area (Å²) in [7, 11) is 0. The summed E-state index contributed by atoms with van der Waals surface area (Å²) in [5.41, 5.74) is 2.41. The van der Waals surface area contributed by atoms with Crippen LogP contribution in [0.15, 0.2) is 41.1 Å². The highest BCUT2D eigenvalue weighted by Crippen LogP contribution is 2.46.